The van der Waals surface area contributed by atoms with E-state index in [9.17, 15) is 4.39 Å². The largest absolute Gasteiger partial charge is 0.491 e. The summed E-state index contributed by atoms with van der Waals surface area (Å²) in [6, 6.07) is 4.88. The van der Waals surface area contributed by atoms with E-state index in [-0.39, 0.29) is 5.82 Å². The van der Waals surface area contributed by atoms with E-state index in [2.05, 4.69) is 28.6 Å². The molecule has 0 amide bonds. The molecule has 0 aliphatic carbocycles. The summed E-state index contributed by atoms with van der Waals surface area (Å²) in [4.78, 5) is 0. The lowest BCUT2D eigenvalue weighted by molar-refractivity contribution is 0.290. The quantitative estimate of drug-likeness (QED) is 0.426. The van der Waals surface area contributed by atoms with Crippen LogP contribution in [0, 0.1) is 5.82 Å². The van der Waals surface area contributed by atoms with Gasteiger partial charge in [0.15, 0.2) is 11.6 Å². The molecule has 1 rings (SSSR count). The fourth-order valence-electron chi connectivity index (χ4n) is 1.87. The van der Waals surface area contributed by atoms with Crippen molar-refractivity contribution in [3.05, 3.63) is 28.5 Å². The average molecular weight is 349 g/mol. The maximum atomic E-state index is 13.4. The second-order valence-electron chi connectivity index (χ2n) is 4.62. The molecule has 0 atom stereocenters. The molecule has 0 fully saturated rings. The second-order valence-corrected chi connectivity index (χ2v) is 5.98. The van der Waals surface area contributed by atoms with Crippen molar-refractivity contribution in [2.75, 3.05) is 12.4 Å². The zero-order valence-electron chi connectivity index (χ0n) is 11.2. The van der Waals surface area contributed by atoms with E-state index >= 15 is 0 Å². The molecule has 0 aliphatic rings. The van der Waals surface area contributed by atoms with Crippen molar-refractivity contribution in [2.24, 2.45) is 0 Å². The maximum absolute atomic E-state index is 13.4. The third kappa shape index (κ3) is 7.83. The predicted molar refractivity (Wildman–Crippen MR) is 85.8 cm³/mol. The van der Waals surface area contributed by atoms with E-state index in [1.54, 1.807) is 12.1 Å². The van der Waals surface area contributed by atoms with Crippen LogP contribution in [0.3, 0.4) is 0 Å². The molecule has 0 aromatic heterocycles. The van der Waals surface area contributed by atoms with Crippen molar-refractivity contribution in [1.82, 2.24) is 0 Å². The maximum Gasteiger partial charge on any atom is 0.166 e. The molecule has 0 heterocycles. The Kier molecular flexibility index (Phi) is 9.35. The zero-order chi connectivity index (χ0) is 13.9. The number of hydrogen-bond donors (Lipinski definition) is 1. The number of unbranched alkanes of at least 4 members (excludes halogenated alkanes) is 6. The van der Waals surface area contributed by atoms with Crippen LogP contribution in [-0.4, -0.2) is 12.4 Å². The summed E-state index contributed by atoms with van der Waals surface area (Å²) < 4.78 is 19.6. The summed E-state index contributed by atoms with van der Waals surface area (Å²) in [5, 5.41) is 0. The molecule has 0 saturated carbocycles. The Balaban J connectivity index is 2.01. The first-order valence-corrected chi connectivity index (χ1v) is 8.35. The van der Waals surface area contributed by atoms with Gasteiger partial charge in [0.1, 0.15) is 0 Å². The molecule has 1 aromatic rings. The fraction of sp³-hybridized carbons (Fsp3) is 0.600. The Hall–Kier alpha value is -0.220. The lowest BCUT2D eigenvalue weighted by atomic mass is 10.1. The van der Waals surface area contributed by atoms with Crippen molar-refractivity contribution in [3.8, 4) is 5.75 Å². The van der Waals surface area contributed by atoms with Gasteiger partial charge < -0.3 is 4.74 Å². The van der Waals surface area contributed by atoms with Crippen LogP contribution < -0.4 is 4.74 Å². The van der Waals surface area contributed by atoms with Crippen LogP contribution in [0.4, 0.5) is 4.39 Å². The van der Waals surface area contributed by atoms with Crippen LogP contribution in [0.2, 0.25) is 0 Å². The van der Waals surface area contributed by atoms with Gasteiger partial charge >= 0.3 is 0 Å². The zero-order valence-corrected chi connectivity index (χ0v) is 13.7. The summed E-state index contributed by atoms with van der Waals surface area (Å²) in [5.74, 6) is 1.03. The topological polar surface area (TPSA) is 9.23 Å². The van der Waals surface area contributed by atoms with Crippen molar-refractivity contribution < 1.29 is 9.13 Å². The molecule has 0 unspecified atom stereocenters. The number of rotatable bonds is 10. The fourth-order valence-corrected chi connectivity index (χ4v) is 2.43. The summed E-state index contributed by atoms with van der Waals surface area (Å²) in [6.07, 6.45) is 8.45. The van der Waals surface area contributed by atoms with Crippen LogP contribution in [0.1, 0.15) is 44.9 Å². The van der Waals surface area contributed by atoms with E-state index in [0.29, 0.717) is 12.4 Å². The summed E-state index contributed by atoms with van der Waals surface area (Å²) in [7, 11) is 0. The molecule has 4 heteroatoms. The summed E-state index contributed by atoms with van der Waals surface area (Å²) >= 11 is 7.41. The second kappa shape index (κ2) is 10.6. The highest BCUT2D eigenvalue weighted by Gasteiger charge is 2.03. The first-order valence-electron chi connectivity index (χ1n) is 6.93. The summed E-state index contributed by atoms with van der Waals surface area (Å²) in [6.45, 7) is 0.592. The van der Waals surface area contributed by atoms with Gasteiger partial charge in [-0.3, -0.25) is 0 Å². The highest BCUT2D eigenvalue weighted by molar-refractivity contribution is 9.10. The number of halogens is 2. The van der Waals surface area contributed by atoms with Gasteiger partial charge in [0.2, 0.25) is 0 Å². The van der Waals surface area contributed by atoms with Crippen molar-refractivity contribution in [2.45, 2.75) is 44.9 Å². The molecular formula is C15H22BrFOS. The Morgan fingerprint density at radius 3 is 2.26 bits per heavy atom. The van der Waals surface area contributed by atoms with Crippen molar-refractivity contribution >= 4 is 28.6 Å². The van der Waals surface area contributed by atoms with Crippen molar-refractivity contribution in [1.29, 1.82) is 0 Å². The predicted octanol–water partition coefficient (Wildman–Crippen LogP) is 5.63. The van der Waals surface area contributed by atoms with Gasteiger partial charge in [-0.1, -0.05) is 48.0 Å². The highest BCUT2D eigenvalue weighted by Crippen LogP contribution is 2.21. The lowest BCUT2D eigenvalue weighted by Crippen LogP contribution is -1.99. The number of benzene rings is 1. The molecule has 1 nitrogen and oxygen atoms in total. The third-order valence-corrected chi connectivity index (χ3v) is 3.76. The number of thiol groups is 1. The van der Waals surface area contributed by atoms with Crippen LogP contribution in [-0.2, 0) is 0 Å². The van der Waals surface area contributed by atoms with Crippen LogP contribution in [0.5, 0.6) is 5.75 Å². The normalized spacial score (nSPS) is 10.7. The van der Waals surface area contributed by atoms with Gasteiger partial charge in [-0.15, -0.1) is 0 Å². The van der Waals surface area contributed by atoms with Gasteiger partial charge in [-0.25, -0.2) is 4.39 Å². The van der Waals surface area contributed by atoms with Crippen LogP contribution in [0.15, 0.2) is 22.7 Å². The van der Waals surface area contributed by atoms with Gasteiger partial charge in [0.05, 0.1) is 6.61 Å². The van der Waals surface area contributed by atoms with E-state index < -0.39 is 0 Å². The Morgan fingerprint density at radius 1 is 1.00 bits per heavy atom. The Bertz CT molecular complexity index is 360. The molecule has 1 aromatic carbocycles. The van der Waals surface area contributed by atoms with E-state index in [4.69, 9.17) is 4.74 Å². The minimum atomic E-state index is -0.305. The third-order valence-electron chi connectivity index (χ3n) is 2.95. The van der Waals surface area contributed by atoms with Crippen molar-refractivity contribution in [3.63, 3.8) is 0 Å². The van der Waals surface area contributed by atoms with Crippen LogP contribution >= 0.6 is 28.6 Å². The smallest absolute Gasteiger partial charge is 0.166 e. The molecular weight excluding hydrogens is 327 g/mol. The molecule has 0 radical (unpaired) electrons. The highest BCUT2D eigenvalue weighted by atomic mass is 79.9. The minimum Gasteiger partial charge on any atom is -0.491 e. The first-order chi connectivity index (χ1) is 9.24. The SMILES string of the molecule is Fc1cc(Br)ccc1OCCCCCCCCCS. The van der Waals surface area contributed by atoms with Gasteiger partial charge in [-0.05, 0) is 36.8 Å². The van der Waals surface area contributed by atoms with Gasteiger partial charge in [0.25, 0.3) is 0 Å². The molecule has 108 valence electrons. The number of ether oxygens (including phenoxy) is 1. The lowest BCUT2D eigenvalue weighted by Gasteiger charge is -2.07. The first kappa shape index (κ1) is 16.8. The molecule has 0 N–H and O–H groups in total. The van der Waals surface area contributed by atoms with Crippen LogP contribution in [0.25, 0.3) is 0 Å². The summed E-state index contributed by atoms with van der Waals surface area (Å²) in [5.41, 5.74) is 0. The Morgan fingerprint density at radius 2 is 1.63 bits per heavy atom. The monoisotopic (exact) mass is 348 g/mol. The molecule has 0 spiro atoms. The van der Waals surface area contributed by atoms with Gasteiger partial charge in [0, 0.05) is 4.47 Å². The van der Waals surface area contributed by atoms with E-state index in [1.807, 2.05) is 0 Å². The number of hydrogen-bond acceptors (Lipinski definition) is 2. The molecule has 0 bridgehead atoms. The standard InChI is InChI=1S/C15H22BrFOS/c16-13-8-9-15(14(17)12-13)18-10-6-4-2-1-3-5-7-11-19/h8-9,12,19H,1-7,10-11H2. The molecule has 0 saturated heterocycles. The van der Waals surface area contributed by atoms with E-state index in [0.717, 1.165) is 23.1 Å². The minimum absolute atomic E-state index is 0.305. The Labute approximate surface area is 129 Å². The average Bonchev–Trinajstić information content (AvgIpc) is 2.39. The molecule has 0 aliphatic heterocycles. The van der Waals surface area contributed by atoms with E-state index in [1.165, 1.54) is 38.2 Å². The molecule has 19 heavy (non-hydrogen) atoms. The van der Waals surface area contributed by atoms with Gasteiger partial charge in [-0.2, -0.15) is 12.6 Å².